The molecule has 1 fully saturated rings. The third-order valence-electron chi connectivity index (χ3n) is 10.3. The topological polar surface area (TPSA) is 193 Å². The molecular formula is C44H48N8O8. The van der Waals surface area contributed by atoms with Gasteiger partial charge >= 0.3 is 12.2 Å². The Morgan fingerprint density at radius 3 is 2.25 bits per heavy atom. The zero-order valence-electron chi connectivity index (χ0n) is 33.9. The third-order valence-corrected chi connectivity index (χ3v) is 10.3. The fourth-order valence-electron chi connectivity index (χ4n) is 7.29. The van der Waals surface area contributed by atoms with E-state index in [0.29, 0.717) is 43.4 Å². The largest absolute Gasteiger partial charge is 0.453 e. The molecule has 7 rings (SSSR count). The zero-order chi connectivity index (χ0) is 42.2. The van der Waals surface area contributed by atoms with Gasteiger partial charge in [-0.25, -0.2) is 19.6 Å². The van der Waals surface area contributed by atoms with Crippen LogP contribution in [0.2, 0.25) is 0 Å². The highest BCUT2D eigenvalue weighted by Gasteiger charge is 2.35. The number of ether oxygens (including phenoxy) is 4. The van der Waals surface area contributed by atoms with Gasteiger partial charge in [-0.2, -0.15) is 0 Å². The minimum absolute atomic E-state index is 0.140. The SMILES string of the molecule is CCCN(Cc1ncc(-c2ccc(-c3ccc4c(ccc5[nH]c(CN(CC6(C)OCCO6)C(=O)CNC(=O)OC)nc54)c3)cc2)[nH]1)C(=O)[C@H](NC(=O)OC)c1ccccc1. The van der Waals surface area contributed by atoms with Crippen LogP contribution in [0.5, 0.6) is 0 Å². The molecule has 312 valence electrons. The van der Waals surface area contributed by atoms with Crippen LogP contribution in [0.4, 0.5) is 9.59 Å². The van der Waals surface area contributed by atoms with Gasteiger partial charge in [0.05, 0.1) is 70.0 Å². The van der Waals surface area contributed by atoms with E-state index < -0.39 is 24.0 Å². The molecule has 16 heteroatoms. The van der Waals surface area contributed by atoms with Crippen molar-refractivity contribution in [2.45, 2.75) is 45.2 Å². The van der Waals surface area contributed by atoms with Crippen LogP contribution < -0.4 is 10.6 Å². The molecule has 0 saturated carbocycles. The molecule has 0 radical (unpaired) electrons. The number of amides is 4. The normalized spacial score (nSPS) is 13.8. The van der Waals surface area contributed by atoms with Crippen molar-refractivity contribution in [2.24, 2.45) is 0 Å². The molecule has 1 aliphatic heterocycles. The Morgan fingerprint density at radius 2 is 1.53 bits per heavy atom. The number of aromatic nitrogens is 4. The molecule has 2 aromatic heterocycles. The fourth-order valence-corrected chi connectivity index (χ4v) is 7.29. The first-order valence-electron chi connectivity index (χ1n) is 19.7. The molecule has 1 saturated heterocycles. The van der Waals surface area contributed by atoms with Crippen LogP contribution in [-0.4, -0.2) is 107 Å². The van der Waals surface area contributed by atoms with Crippen LogP contribution >= 0.6 is 0 Å². The summed E-state index contributed by atoms with van der Waals surface area (Å²) in [6, 6.07) is 26.6. The van der Waals surface area contributed by atoms with Crippen molar-refractivity contribution in [3.63, 3.8) is 0 Å². The zero-order valence-corrected chi connectivity index (χ0v) is 33.9. The fraction of sp³-hybridized carbons (Fsp3) is 0.318. The molecule has 16 nitrogen and oxygen atoms in total. The molecule has 4 N–H and O–H groups in total. The number of imidazole rings is 2. The van der Waals surface area contributed by atoms with E-state index >= 15 is 0 Å². The lowest BCUT2D eigenvalue weighted by atomic mass is 9.99. The maximum Gasteiger partial charge on any atom is 0.407 e. The number of rotatable bonds is 15. The Morgan fingerprint density at radius 1 is 0.833 bits per heavy atom. The van der Waals surface area contributed by atoms with Gasteiger partial charge in [-0.3, -0.25) is 9.59 Å². The number of H-pyrrole nitrogens is 2. The predicted octanol–water partition coefficient (Wildman–Crippen LogP) is 6.06. The van der Waals surface area contributed by atoms with Crippen LogP contribution in [0.3, 0.4) is 0 Å². The molecule has 6 aromatic rings. The average Bonchev–Trinajstić information content (AvgIpc) is 4.04. The van der Waals surface area contributed by atoms with Gasteiger partial charge in [0.1, 0.15) is 24.2 Å². The van der Waals surface area contributed by atoms with Crippen LogP contribution in [0.1, 0.15) is 43.5 Å². The molecule has 4 amide bonds. The number of alkyl carbamates (subject to hydrolysis) is 2. The maximum absolute atomic E-state index is 13.8. The second-order valence-corrected chi connectivity index (χ2v) is 14.6. The Labute approximate surface area is 346 Å². The van der Waals surface area contributed by atoms with Crippen LogP contribution in [-0.2, 0) is 41.6 Å². The quantitative estimate of drug-likeness (QED) is 0.0948. The number of fused-ring (bicyclic) bond motifs is 3. The van der Waals surface area contributed by atoms with Crippen LogP contribution in [0, 0.1) is 0 Å². The number of aromatic amines is 2. The summed E-state index contributed by atoms with van der Waals surface area (Å²) in [4.78, 5) is 70.4. The number of hydrogen-bond donors (Lipinski definition) is 4. The average molecular weight is 817 g/mol. The van der Waals surface area contributed by atoms with E-state index in [2.05, 4.69) is 54.6 Å². The Kier molecular flexibility index (Phi) is 12.7. The molecule has 0 spiro atoms. The number of hydrogen-bond acceptors (Lipinski definition) is 10. The number of carbonyl (C=O) groups excluding carboxylic acids is 4. The number of carbonyl (C=O) groups is 4. The highest BCUT2D eigenvalue weighted by Crippen LogP contribution is 2.31. The second kappa shape index (κ2) is 18.4. The van der Waals surface area contributed by atoms with Crippen molar-refractivity contribution in [3.05, 3.63) is 108 Å². The Bertz CT molecular complexity index is 2460. The van der Waals surface area contributed by atoms with Crippen molar-refractivity contribution in [1.82, 2.24) is 40.4 Å². The maximum atomic E-state index is 13.8. The Balaban J connectivity index is 1.05. The molecule has 60 heavy (non-hydrogen) atoms. The van der Waals surface area contributed by atoms with Gasteiger partial charge in [0, 0.05) is 11.9 Å². The smallest absolute Gasteiger partial charge is 0.407 e. The lowest BCUT2D eigenvalue weighted by Gasteiger charge is -2.30. The van der Waals surface area contributed by atoms with E-state index in [9.17, 15) is 19.2 Å². The molecule has 4 aromatic carbocycles. The minimum Gasteiger partial charge on any atom is -0.453 e. The van der Waals surface area contributed by atoms with Crippen LogP contribution in [0.15, 0.2) is 91.1 Å². The first kappa shape index (κ1) is 41.4. The van der Waals surface area contributed by atoms with Crippen molar-refractivity contribution < 1.29 is 38.1 Å². The minimum atomic E-state index is -0.979. The van der Waals surface area contributed by atoms with Crippen molar-refractivity contribution in [2.75, 3.05) is 47.1 Å². The van der Waals surface area contributed by atoms with Crippen molar-refractivity contribution >= 4 is 45.8 Å². The van der Waals surface area contributed by atoms with Crippen molar-refractivity contribution in [1.29, 1.82) is 0 Å². The molecular weight excluding hydrogens is 769 g/mol. The van der Waals surface area contributed by atoms with E-state index in [0.717, 1.165) is 44.2 Å². The first-order valence-corrected chi connectivity index (χ1v) is 19.7. The van der Waals surface area contributed by atoms with Gasteiger partial charge in [0.15, 0.2) is 5.79 Å². The summed E-state index contributed by atoms with van der Waals surface area (Å²) >= 11 is 0. The van der Waals surface area contributed by atoms with Gasteiger partial charge < -0.3 is 49.3 Å². The monoisotopic (exact) mass is 816 g/mol. The van der Waals surface area contributed by atoms with Gasteiger partial charge in [-0.05, 0) is 53.1 Å². The van der Waals surface area contributed by atoms with E-state index in [-0.39, 0.29) is 38.0 Å². The van der Waals surface area contributed by atoms with E-state index in [1.54, 1.807) is 35.1 Å². The summed E-state index contributed by atoms with van der Waals surface area (Å²) in [5.41, 5.74) is 6.03. The highest BCUT2D eigenvalue weighted by molar-refractivity contribution is 6.05. The van der Waals surface area contributed by atoms with Crippen LogP contribution in [0.25, 0.3) is 44.2 Å². The summed E-state index contributed by atoms with van der Waals surface area (Å²) in [7, 11) is 2.51. The molecule has 0 unspecified atom stereocenters. The highest BCUT2D eigenvalue weighted by atomic mass is 16.7. The Hall–Kier alpha value is -6.78. The van der Waals surface area contributed by atoms with Crippen molar-refractivity contribution in [3.8, 4) is 22.4 Å². The molecule has 1 atom stereocenters. The molecule has 0 bridgehead atoms. The summed E-state index contributed by atoms with van der Waals surface area (Å²) in [5.74, 6) is -0.399. The van der Waals surface area contributed by atoms with Gasteiger partial charge in [-0.1, -0.05) is 79.7 Å². The molecule has 0 aliphatic carbocycles. The number of nitrogens with zero attached hydrogens (tertiary/aromatic N) is 4. The summed E-state index contributed by atoms with van der Waals surface area (Å²) < 4.78 is 21.0. The number of methoxy groups -OCH3 is 2. The summed E-state index contributed by atoms with van der Waals surface area (Å²) in [6.07, 6.45) is 1.08. The van der Waals surface area contributed by atoms with E-state index in [4.69, 9.17) is 19.2 Å². The molecule has 3 heterocycles. The lowest BCUT2D eigenvalue weighted by Crippen LogP contribution is -2.47. The third kappa shape index (κ3) is 9.56. The van der Waals surface area contributed by atoms with E-state index in [1.807, 2.05) is 55.5 Å². The van der Waals surface area contributed by atoms with Gasteiger partial charge in [0.25, 0.3) is 0 Å². The lowest BCUT2D eigenvalue weighted by molar-refractivity contribution is -0.167. The standard InChI is InChI=1S/C44H48N8O8/c1-5-19-51(41(54)39(50-43(56)58-4)30-9-7-6-8-10-30)25-36-45-23-35(48-36)29-13-11-28(12-14-29)31-15-17-33-32(22-31)16-18-34-40(33)49-37(47-34)26-52(27-44(2)59-20-21-60-44)38(53)24-46-42(55)57-3/h6-18,22-23,39H,5,19-21,24-27H2,1-4H3,(H,45,48)(H,46,55)(H,47,49)(H,50,56)/t39-/m1/s1. The number of benzene rings is 4. The predicted molar refractivity (Wildman–Crippen MR) is 223 cm³/mol. The van der Waals surface area contributed by atoms with Gasteiger partial charge in [-0.15, -0.1) is 0 Å². The summed E-state index contributed by atoms with van der Waals surface area (Å²) in [6.45, 7) is 5.34. The van der Waals surface area contributed by atoms with Gasteiger partial charge in [0.2, 0.25) is 11.8 Å². The number of nitrogens with one attached hydrogen (secondary N) is 4. The summed E-state index contributed by atoms with van der Waals surface area (Å²) in [5, 5.41) is 7.08. The van der Waals surface area contributed by atoms with E-state index in [1.165, 1.54) is 14.2 Å². The first-order chi connectivity index (χ1) is 29.1. The second-order valence-electron chi connectivity index (χ2n) is 14.6. The molecule has 1 aliphatic rings.